The Hall–Kier alpha value is -6.78. The molecule has 4 nitrogen and oxygen atoms in total. The SMILES string of the molecule is c1ccc(-c2ccc3c(c2)c2cc(-c4ccccc4)ccc2n3-c2ccc3c(c2)-c2ccccc2-c2cccc4c5cncnc5n-3c24)cc1. The summed E-state index contributed by atoms with van der Waals surface area (Å²) in [7, 11) is 0. The second-order valence-electron chi connectivity index (χ2n) is 13.1. The third-order valence-corrected chi connectivity index (χ3v) is 10.4. The summed E-state index contributed by atoms with van der Waals surface area (Å²) in [5, 5.41) is 4.69. The van der Waals surface area contributed by atoms with Crippen molar-refractivity contribution in [2.45, 2.75) is 0 Å². The van der Waals surface area contributed by atoms with E-state index in [1.54, 1.807) is 6.33 Å². The molecule has 0 fully saturated rings. The molecule has 1 aliphatic heterocycles. The van der Waals surface area contributed by atoms with Gasteiger partial charge in [0, 0.05) is 44.6 Å². The van der Waals surface area contributed by atoms with Gasteiger partial charge in [-0.25, -0.2) is 9.97 Å². The minimum absolute atomic E-state index is 0.919. The number of rotatable bonds is 3. The molecule has 0 saturated carbocycles. The number of fused-ring (bicyclic) bond motifs is 11. The summed E-state index contributed by atoms with van der Waals surface area (Å²) in [6.07, 6.45) is 3.60. The predicted octanol–water partition coefficient (Wildman–Crippen LogP) is 11.7. The number of nitrogens with zero attached hydrogens (tertiary/aromatic N) is 4. The molecule has 11 rings (SSSR count). The molecule has 0 bridgehead atoms. The van der Waals surface area contributed by atoms with Gasteiger partial charge in [-0.1, -0.05) is 115 Å². The highest BCUT2D eigenvalue weighted by atomic mass is 15.1. The van der Waals surface area contributed by atoms with Crippen molar-refractivity contribution in [3.8, 4) is 55.9 Å². The highest BCUT2D eigenvalue weighted by molar-refractivity contribution is 6.16. The number of hydrogen-bond donors (Lipinski definition) is 0. The van der Waals surface area contributed by atoms with Gasteiger partial charge in [0.2, 0.25) is 0 Å². The standard InChI is InChI=1S/C46H28N4/c1-3-10-29(11-4-1)31-18-21-42-38(24-31)39-25-32(30-12-5-2-6-13-30)19-22-43(39)49(42)33-20-23-44-40(26-33)35-15-8-7-14-34(35)36-16-9-17-37-41-27-47-28-48-46(41)50(44)45(36)37/h1-28H. The molecule has 0 saturated heterocycles. The van der Waals surface area contributed by atoms with Crippen LogP contribution < -0.4 is 0 Å². The molecule has 7 aromatic carbocycles. The topological polar surface area (TPSA) is 35.6 Å². The van der Waals surface area contributed by atoms with Gasteiger partial charge < -0.3 is 4.57 Å². The van der Waals surface area contributed by atoms with E-state index in [-0.39, 0.29) is 0 Å². The molecule has 0 amide bonds. The smallest absolute Gasteiger partial charge is 0.149 e. The molecule has 4 heterocycles. The maximum atomic E-state index is 4.83. The minimum atomic E-state index is 0.919. The van der Waals surface area contributed by atoms with Crippen LogP contribution in [0.4, 0.5) is 0 Å². The van der Waals surface area contributed by atoms with E-state index in [1.165, 1.54) is 71.8 Å². The maximum Gasteiger partial charge on any atom is 0.149 e. The highest BCUT2D eigenvalue weighted by Crippen LogP contribution is 2.47. The van der Waals surface area contributed by atoms with Crippen molar-refractivity contribution >= 4 is 43.7 Å². The molecule has 0 N–H and O–H groups in total. The van der Waals surface area contributed by atoms with Crippen LogP contribution in [0.3, 0.4) is 0 Å². The lowest BCUT2D eigenvalue weighted by Gasteiger charge is -2.16. The Morgan fingerprint density at radius 3 is 1.70 bits per heavy atom. The fourth-order valence-corrected chi connectivity index (χ4v) is 8.20. The molecule has 232 valence electrons. The summed E-state index contributed by atoms with van der Waals surface area (Å²) in [6.45, 7) is 0. The van der Waals surface area contributed by atoms with Crippen molar-refractivity contribution < 1.29 is 0 Å². The van der Waals surface area contributed by atoms with Gasteiger partial charge in [0.1, 0.15) is 12.0 Å². The predicted molar refractivity (Wildman–Crippen MR) is 206 cm³/mol. The number of aromatic nitrogens is 4. The van der Waals surface area contributed by atoms with Crippen LogP contribution in [0.25, 0.3) is 99.6 Å². The van der Waals surface area contributed by atoms with Gasteiger partial charge >= 0.3 is 0 Å². The second kappa shape index (κ2) is 10.4. The van der Waals surface area contributed by atoms with Gasteiger partial charge in [-0.05, 0) is 75.8 Å². The van der Waals surface area contributed by atoms with Crippen molar-refractivity contribution in [2.24, 2.45) is 0 Å². The number of benzene rings is 7. The van der Waals surface area contributed by atoms with Crippen molar-refractivity contribution in [1.82, 2.24) is 19.1 Å². The third kappa shape index (κ3) is 3.81. The maximum absolute atomic E-state index is 4.83. The van der Waals surface area contributed by atoms with E-state index in [0.29, 0.717) is 0 Å². The number of para-hydroxylation sites is 1. The molecular weight excluding hydrogens is 609 g/mol. The van der Waals surface area contributed by atoms with Crippen LogP contribution in [-0.4, -0.2) is 19.1 Å². The zero-order valence-electron chi connectivity index (χ0n) is 27.0. The normalized spacial score (nSPS) is 12.0. The van der Waals surface area contributed by atoms with Crippen molar-refractivity contribution in [3.05, 3.63) is 170 Å². The second-order valence-corrected chi connectivity index (χ2v) is 13.1. The Bertz CT molecular complexity index is 2870. The van der Waals surface area contributed by atoms with E-state index in [0.717, 1.165) is 27.8 Å². The fourth-order valence-electron chi connectivity index (χ4n) is 8.20. The van der Waals surface area contributed by atoms with Gasteiger partial charge in [-0.15, -0.1) is 0 Å². The van der Waals surface area contributed by atoms with Crippen LogP contribution in [0.2, 0.25) is 0 Å². The zero-order valence-corrected chi connectivity index (χ0v) is 27.0. The summed E-state index contributed by atoms with van der Waals surface area (Å²) >= 11 is 0. The summed E-state index contributed by atoms with van der Waals surface area (Å²) in [5.41, 5.74) is 16.3. The Labute approximate surface area is 288 Å². The summed E-state index contributed by atoms with van der Waals surface area (Å²) < 4.78 is 4.77. The molecule has 4 heteroatoms. The van der Waals surface area contributed by atoms with Crippen LogP contribution in [0, 0.1) is 0 Å². The monoisotopic (exact) mass is 636 g/mol. The van der Waals surface area contributed by atoms with Gasteiger partial charge in [0.25, 0.3) is 0 Å². The van der Waals surface area contributed by atoms with Crippen molar-refractivity contribution in [1.29, 1.82) is 0 Å². The quantitative estimate of drug-likeness (QED) is 0.193. The molecule has 10 aromatic rings. The highest BCUT2D eigenvalue weighted by Gasteiger charge is 2.26. The lowest BCUT2D eigenvalue weighted by Crippen LogP contribution is -2.00. The third-order valence-electron chi connectivity index (χ3n) is 10.4. The number of hydrogen-bond acceptors (Lipinski definition) is 2. The van der Waals surface area contributed by atoms with Crippen molar-refractivity contribution in [3.63, 3.8) is 0 Å². The Balaban J connectivity index is 1.21. The van der Waals surface area contributed by atoms with Crippen molar-refractivity contribution in [2.75, 3.05) is 0 Å². The van der Waals surface area contributed by atoms with E-state index >= 15 is 0 Å². The molecule has 50 heavy (non-hydrogen) atoms. The molecule has 0 aliphatic carbocycles. The summed E-state index contributed by atoms with van der Waals surface area (Å²) in [6, 6.07) is 57.4. The van der Waals surface area contributed by atoms with E-state index in [9.17, 15) is 0 Å². The summed E-state index contributed by atoms with van der Waals surface area (Å²) in [4.78, 5) is 9.25. The van der Waals surface area contributed by atoms with Crippen LogP contribution >= 0.6 is 0 Å². The van der Waals surface area contributed by atoms with Gasteiger partial charge in [-0.2, -0.15) is 0 Å². The Morgan fingerprint density at radius 1 is 0.400 bits per heavy atom. The first-order valence-corrected chi connectivity index (χ1v) is 17.0. The average molecular weight is 637 g/mol. The Morgan fingerprint density at radius 2 is 1.02 bits per heavy atom. The van der Waals surface area contributed by atoms with Crippen LogP contribution in [0.15, 0.2) is 170 Å². The zero-order chi connectivity index (χ0) is 32.8. The Kier molecular flexibility index (Phi) is 5.63. The van der Waals surface area contributed by atoms with Crippen LogP contribution in [0.5, 0.6) is 0 Å². The lowest BCUT2D eigenvalue weighted by molar-refractivity contribution is 1.10. The first-order valence-electron chi connectivity index (χ1n) is 17.0. The largest absolute Gasteiger partial charge is 0.309 e. The fraction of sp³-hybridized carbons (Fsp3) is 0. The van der Waals surface area contributed by atoms with Crippen LogP contribution in [-0.2, 0) is 0 Å². The van der Waals surface area contributed by atoms with E-state index in [2.05, 4.69) is 172 Å². The minimum Gasteiger partial charge on any atom is -0.309 e. The molecular formula is C46H28N4. The lowest BCUT2D eigenvalue weighted by atomic mass is 9.93. The van der Waals surface area contributed by atoms with Crippen LogP contribution in [0.1, 0.15) is 0 Å². The molecule has 0 radical (unpaired) electrons. The summed E-state index contributed by atoms with van der Waals surface area (Å²) in [5.74, 6) is 0. The molecule has 1 aliphatic rings. The van der Waals surface area contributed by atoms with E-state index in [4.69, 9.17) is 4.98 Å². The van der Waals surface area contributed by atoms with E-state index in [1.807, 2.05) is 6.20 Å². The van der Waals surface area contributed by atoms with E-state index < -0.39 is 0 Å². The molecule has 0 unspecified atom stereocenters. The molecule has 0 atom stereocenters. The first-order chi connectivity index (χ1) is 24.8. The molecule has 0 spiro atoms. The molecule has 3 aromatic heterocycles. The van der Waals surface area contributed by atoms with Gasteiger partial charge in [0.05, 0.1) is 22.2 Å². The first kappa shape index (κ1) is 27.2. The van der Waals surface area contributed by atoms with Gasteiger partial charge in [0.15, 0.2) is 0 Å². The van der Waals surface area contributed by atoms with Gasteiger partial charge in [-0.3, -0.25) is 4.57 Å². The average Bonchev–Trinajstić information content (AvgIpc) is 3.66.